The van der Waals surface area contributed by atoms with Crippen molar-refractivity contribution in [2.24, 2.45) is 0 Å². The van der Waals surface area contributed by atoms with Gasteiger partial charge in [-0.25, -0.2) is 0 Å². The first-order chi connectivity index (χ1) is 37.1. The van der Waals surface area contributed by atoms with E-state index >= 15 is 0 Å². The summed E-state index contributed by atoms with van der Waals surface area (Å²) in [7, 11) is 0. The third-order valence-corrected chi connectivity index (χ3v) is 16.4. The Bertz CT molecular complexity index is 4030. The van der Waals surface area contributed by atoms with Gasteiger partial charge in [-0.1, -0.05) is 151 Å². The summed E-state index contributed by atoms with van der Waals surface area (Å²) in [5.74, 6) is 0. The van der Waals surface area contributed by atoms with Crippen molar-refractivity contribution in [1.82, 2.24) is 4.57 Å². The Hall–Kier alpha value is -9.45. The summed E-state index contributed by atoms with van der Waals surface area (Å²) in [6.45, 7) is 4.30. The first kappa shape index (κ1) is 42.1. The summed E-state index contributed by atoms with van der Waals surface area (Å²) in [6.07, 6.45) is 0. The first-order valence-corrected chi connectivity index (χ1v) is 26.2. The van der Waals surface area contributed by atoms with Gasteiger partial charge in [-0.3, -0.25) is 0 Å². The van der Waals surface area contributed by atoms with Gasteiger partial charge in [-0.15, -0.1) is 0 Å². The highest BCUT2D eigenvalue weighted by atomic mass is 15.2. The van der Waals surface area contributed by atoms with Gasteiger partial charge < -0.3 is 24.2 Å². The van der Waals surface area contributed by atoms with Gasteiger partial charge in [0.1, 0.15) is 0 Å². The zero-order valence-corrected chi connectivity index (χ0v) is 41.6. The van der Waals surface area contributed by atoms with Crippen molar-refractivity contribution in [3.8, 4) is 5.69 Å². The molecule has 0 saturated carbocycles. The maximum atomic E-state index is 2.57. The number of fused-ring (bicyclic) bond motifs is 11. The second-order valence-corrected chi connectivity index (χ2v) is 20.6. The van der Waals surface area contributed by atoms with Crippen LogP contribution in [0.3, 0.4) is 0 Å². The van der Waals surface area contributed by atoms with Gasteiger partial charge in [-0.2, -0.15) is 0 Å². The van der Waals surface area contributed by atoms with E-state index in [9.17, 15) is 0 Å². The number of anilines is 12. The molecule has 4 aliphatic heterocycles. The van der Waals surface area contributed by atoms with E-state index in [1.54, 1.807) is 0 Å². The van der Waals surface area contributed by atoms with E-state index in [0.29, 0.717) is 0 Å². The summed E-state index contributed by atoms with van der Waals surface area (Å²) >= 11 is 0. The highest BCUT2D eigenvalue weighted by Gasteiger charge is 2.46. The van der Waals surface area contributed by atoms with E-state index in [0.717, 1.165) is 28.4 Å². The quantitative estimate of drug-likeness (QED) is 0.160. The third kappa shape index (κ3) is 6.04. The van der Waals surface area contributed by atoms with E-state index in [1.807, 2.05) is 0 Å². The molecule has 0 radical (unpaired) electrons. The topological polar surface area (TPSA) is 17.9 Å². The fraction of sp³-hybridized carbons (Fsp3) is 0.0294. The van der Waals surface area contributed by atoms with Crippen molar-refractivity contribution in [3.05, 3.63) is 260 Å². The molecule has 0 spiro atoms. The molecule has 0 saturated heterocycles. The van der Waals surface area contributed by atoms with Crippen LogP contribution in [0.2, 0.25) is 0 Å². The minimum Gasteiger partial charge on any atom is -0.311 e. The molecule has 11 aromatic carbocycles. The second kappa shape index (κ2) is 16.0. The van der Waals surface area contributed by atoms with Crippen LogP contribution in [0.15, 0.2) is 249 Å². The van der Waals surface area contributed by atoms with Gasteiger partial charge in [0.15, 0.2) is 0 Å². The molecule has 16 rings (SSSR count). The number of para-hydroxylation sites is 5. The number of aryl methyl sites for hydroxylation is 2. The van der Waals surface area contributed by atoms with Crippen LogP contribution >= 0.6 is 0 Å². The lowest BCUT2D eigenvalue weighted by molar-refractivity contribution is 1.17. The fourth-order valence-corrected chi connectivity index (χ4v) is 13.3. The minimum atomic E-state index is -0.0260. The molecule has 0 fully saturated rings. The Morgan fingerprint density at radius 1 is 0.253 bits per heavy atom. The van der Waals surface area contributed by atoms with Crippen LogP contribution in [0.4, 0.5) is 68.2 Å². The van der Waals surface area contributed by atoms with E-state index in [-0.39, 0.29) is 13.4 Å². The Kier molecular flexibility index (Phi) is 8.99. The maximum Gasteiger partial charge on any atom is 0.252 e. The lowest BCUT2D eigenvalue weighted by Crippen LogP contribution is -2.61. The van der Waals surface area contributed by atoms with E-state index < -0.39 is 0 Å². The molecule has 0 unspecified atom stereocenters. The lowest BCUT2D eigenvalue weighted by Gasteiger charge is -2.44. The van der Waals surface area contributed by atoms with Crippen LogP contribution in [-0.4, -0.2) is 18.0 Å². The van der Waals surface area contributed by atoms with Crippen molar-refractivity contribution in [3.63, 3.8) is 0 Å². The molecule has 5 heterocycles. The number of hydrogen-bond donors (Lipinski definition) is 0. The van der Waals surface area contributed by atoms with Gasteiger partial charge >= 0.3 is 0 Å². The Labute approximate surface area is 437 Å². The number of rotatable bonds is 5. The molecule has 0 N–H and O–H groups in total. The molecule has 0 bridgehead atoms. The van der Waals surface area contributed by atoms with E-state index in [4.69, 9.17) is 0 Å². The molecule has 0 aliphatic carbocycles. The predicted octanol–water partition coefficient (Wildman–Crippen LogP) is 13.6. The van der Waals surface area contributed by atoms with Crippen LogP contribution in [0.5, 0.6) is 0 Å². The fourth-order valence-electron chi connectivity index (χ4n) is 13.3. The van der Waals surface area contributed by atoms with E-state index in [1.165, 1.54) is 111 Å². The largest absolute Gasteiger partial charge is 0.311 e. The second-order valence-electron chi connectivity index (χ2n) is 20.6. The normalized spacial score (nSPS) is 13.6. The van der Waals surface area contributed by atoms with Gasteiger partial charge in [0.2, 0.25) is 0 Å². The molecule has 5 nitrogen and oxygen atoms in total. The van der Waals surface area contributed by atoms with Crippen molar-refractivity contribution in [2.75, 3.05) is 19.6 Å². The first-order valence-electron chi connectivity index (χ1n) is 26.2. The SMILES string of the molecule is Cc1ccc(N2c3cc4c(cc3B3c5ccccc5N(c5ccccc5)c5cccc2c53)c2cc3c(cc2n4-c2ccccc2)N(c2ccc(C)cc2)c2cccc4c2B3c2ccccc2N4c2ccccc2)cc1. The molecule has 1 aromatic heterocycles. The van der Waals surface area contributed by atoms with Crippen molar-refractivity contribution in [2.45, 2.75) is 13.8 Å². The monoisotopic (exact) mass is 955 g/mol. The van der Waals surface area contributed by atoms with Crippen LogP contribution < -0.4 is 52.4 Å². The minimum absolute atomic E-state index is 0.0260. The van der Waals surface area contributed by atoms with Crippen molar-refractivity contribution in [1.29, 1.82) is 0 Å². The van der Waals surface area contributed by atoms with Gasteiger partial charge in [0, 0.05) is 84.7 Å². The Morgan fingerprint density at radius 3 is 0.973 bits per heavy atom. The van der Waals surface area contributed by atoms with E-state index in [2.05, 4.69) is 287 Å². The van der Waals surface area contributed by atoms with Crippen LogP contribution in [0.1, 0.15) is 11.1 Å². The van der Waals surface area contributed by atoms with Crippen LogP contribution in [0.25, 0.3) is 27.5 Å². The third-order valence-electron chi connectivity index (χ3n) is 16.4. The molecule has 350 valence electrons. The average molecular weight is 956 g/mol. The Balaban J connectivity index is 1.02. The maximum absolute atomic E-state index is 2.57. The number of benzene rings is 11. The lowest BCUT2D eigenvalue weighted by atomic mass is 9.33. The molecule has 4 aliphatic rings. The molecule has 0 amide bonds. The zero-order valence-electron chi connectivity index (χ0n) is 41.6. The highest BCUT2D eigenvalue weighted by Crippen LogP contribution is 2.49. The summed E-state index contributed by atoms with van der Waals surface area (Å²) in [5.41, 5.74) is 27.9. The van der Waals surface area contributed by atoms with Gasteiger partial charge in [0.05, 0.1) is 11.0 Å². The molecular weight excluding hydrogens is 908 g/mol. The smallest absolute Gasteiger partial charge is 0.252 e. The van der Waals surface area contributed by atoms with Crippen LogP contribution in [0, 0.1) is 13.8 Å². The summed E-state index contributed by atoms with van der Waals surface area (Å²) in [4.78, 5) is 10.0. The van der Waals surface area contributed by atoms with Gasteiger partial charge in [-0.05, 0) is 156 Å². The molecule has 7 heteroatoms. The number of hydrogen-bond acceptors (Lipinski definition) is 4. The van der Waals surface area contributed by atoms with Gasteiger partial charge in [0.25, 0.3) is 13.4 Å². The molecule has 0 atom stereocenters. The molecule has 12 aromatic rings. The standard InChI is InChI=1S/C68H47B2N5/c1-44-32-36-49(37-33-44)73-61-30-16-28-59-67(61)69(53-24-12-14-26-57(53)71(59)46-18-6-3-7-19-46)55-40-51-52-41-56-66(43-64(52)75(63(51)42-65(55)73)48-22-10-5-11-23-48)74(50-38-34-45(2)35-39-50)62-31-17-29-60-68(62)70(56)54-25-13-15-27-58(54)72(60)47-20-8-4-9-21-47/h3-43H,1-2H3. The molecule has 75 heavy (non-hydrogen) atoms. The highest BCUT2D eigenvalue weighted by molar-refractivity contribution is 7.01. The van der Waals surface area contributed by atoms with Crippen molar-refractivity contribution < 1.29 is 0 Å². The Morgan fingerprint density at radius 2 is 0.573 bits per heavy atom. The molecular formula is C68H47B2N5. The number of aromatic nitrogens is 1. The van der Waals surface area contributed by atoms with Crippen LogP contribution in [-0.2, 0) is 0 Å². The number of nitrogens with zero attached hydrogens (tertiary/aromatic N) is 5. The summed E-state index contributed by atoms with van der Waals surface area (Å²) in [6, 6.07) is 93.1. The summed E-state index contributed by atoms with van der Waals surface area (Å²) < 4.78 is 2.53. The predicted molar refractivity (Wildman–Crippen MR) is 318 cm³/mol. The summed E-state index contributed by atoms with van der Waals surface area (Å²) in [5, 5.41) is 2.47. The zero-order chi connectivity index (χ0) is 49.5. The van der Waals surface area contributed by atoms with Crippen molar-refractivity contribution >= 4 is 136 Å². The average Bonchev–Trinajstić information content (AvgIpc) is 3.88.